The van der Waals surface area contributed by atoms with E-state index in [-0.39, 0.29) is 0 Å². The Balaban J connectivity index is 1.01. The molecule has 0 radical (unpaired) electrons. The van der Waals surface area contributed by atoms with Gasteiger partial charge in [-0.15, -0.1) is 0 Å². The van der Waals surface area contributed by atoms with Crippen LogP contribution in [0.3, 0.4) is 0 Å². The summed E-state index contributed by atoms with van der Waals surface area (Å²) in [5, 5.41) is 5.49. The SMILES string of the molecule is c1cc(CN2CCOCC2)nc(OC[C@@H]2CC[C@@H]3CN(c4noc5ccccc45)CCN3C2)c1. The summed E-state index contributed by atoms with van der Waals surface area (Å²) in [4.78, 5) is 12.2. The van der Waals surface area contributed by atoms with E-state index in [0.717, 1.165) is 94.0 Å². The minimum absolute atomic E-state index is 0.542. The predicted molar refractivity (Wildman–Crippen MR) is 130 cm³/mol. The zero-order valence-corrected chi connectivity index (χ0v) is 19.6. The summed E-state index contributed by atoms with van der Waals surface area (Å²) in [5.41, 5.74) is 1.93. The molecule has 3 aliphatic rings. The maximum absolute atomic E-state index is 6.17. The average molecular weight is 464 g/mol. The van der Waals surface area contributed by atoms with Crippen molar-refractivity contribution in [1.29, 1.82) is 0 Å². The summed E-state index contributed by atoms with van der Waals surface area (Å²) in [6.45, 7) is 9.27. The van der Waals surface area contributed by atoms with Gasteiger partial charge in [0.1, 0.15) is 0 Å². The van der Waals surface area contributed by atoms with Crippen LogP contribution in [0.4, 0.5) is 5.82 Å². The van der Waals surface area contributed by atoms with E-state index in [1.54, 1.807) is 0 Å². The molecule has 3 fully saturated rings. The maximum Gasteiger partial charge on any atom is 0.213 e. The average Bonchev–Trinajstić information content (AvgIpc) is 3.32. The molecule has 34 heavy (non-hydrogen) atoms. The standard InChI is InChI=1S/C26H33N5O3/c1-2-6-24-23(5-1)26(28-34-24)31-11-10-30-16-20(8-9-22(30)18-31)19-33-25-7-3-4-21(27-25)17-29-12-14-32-15-13-29/h1-7,20,22H,8-19H2/t20-,22-/m1/s1. The van der Waals surface area contributed by atoms with Crippen molar-refractivity contribution in [2.45, 2.75) is 25.4 Å². The van der Waals surface area contributed by atoms with Gasteiger partial charge in [0.05, 0.1) is 30.9 Å². The van der Waals surface area contributed by atoms with Gasteiger partial charge in [-0.25, -0.2) is 4.98 Å². The van der Waals surface area contributed by atoms with Crippen LogP contribution < -0.4 is 9.64 Å². The number of para-hydroxylation sites is 1. The topological polar surface area (TPSA) is 67.1 Å². The van der Waals surface area contributed by atoms with Gasteiger partial charge in [-0.2, -0.15) is 0 Å². The van der Waals surface area contributed by atoms with Crippen molar-refractivity contribution in [3.05, 3.63) is 48.2 Å². The first-order valence-corrected chi connectivity index (χ1v) is 12.5. The van der Waals surface area contributed by atoms with Crippen LogP contribution in [0.1, 0.15) is 18.5 Å². The largest absolute Gasteiger partial charge is 0.477 e. The Bertz CT molecular complexity index is 1100. The lowest BCUT2D eigenvalue weighted by Gasteiger charge is -2.46. The van der Waals surface area contributed by atoms with Crippen molar-refractivity contribution in [2.24, 2.45) is 5.92 Å². The van der Waals surface area contributed by atoms with Crippen molar-refractivity contribution < 1.29 is 14.0 Å². The fourth-order valence-corrected chi connectivity index (χ4v) is 5.50. The van der Waals surface area contributed by atoms with Crippen LogP contribution in [0.25, 0.3) is 11.0 Å². The number of fused-ring (bicyclic) bond motifs is 2. The number of nitrogens with zero attached hydrogens (tertiary/aromatic N) is 5. The van der Waals surface area contributed by atoms with Crippen LogP contribution in [0.5, 0.6) is 5.88 Å². The summed E-state index contributed by atoms with van der Waals surface area (Å²) in [6, 6.07) is 14.8. The molecule has 2 atom stereocenters. The summed E-state index contributed by atoms with van der Waals surface area (Å²) in [7, 11) is 0. The van der Waals surface area contributed by atoms with Crippen molar-refractivity contribution in [3.63, 3.8) is 0 Å². The van der Waals surface area contributed by atoms with Gasteiger partial charge in [-0.1, -0.05) is 23.4 Å². The Morgan fingerprint density at radius 2 is 1.85 bits per heavy atom. The highest BCUT2D eigenvalue weighted by molar-refractivity contribution is 5.88. The molecule has 0 spiro atoms. The molecule has 5 heterocycles. The third-order valence-electron chi connectivity index (χ3n) is 7.40. The monoisotopic (exact) mass is 463 g/mol. The molecule has 6 rings (SSSR count). The highest BCUT2D eigenvalue weighted by atomic mass is 16.5. The first-order chi connectivity index (χ1) is 16.8. The Kier molecular flexibility index (Phi) is 6.35. The molecule has 2 aromatic heterocycles. The van der Waals surface area contributed by atoms with Gasteiger partial charge in [-0.3, -0.25) is 9.80 Å². The molecule has 0 unspecified atom stereocenters. The lowest BCUT2D eigenvalue weighted by atomic mass is 9.91. The lowest BCUT2D eigenvalue weighted by molar-refractivity contribution is 0.0335. The Morgan fingerprint density at radius 3 is 2.79 bits per heavy atom. The summed E-state index contributed by atoms with van der Waals surface area (Å²) < 4.78 is 17.2. The zero-order chi connectivity index (χ0) is 22.7. The minimum atomic E-state index is 0.542. The van der Waals surface area contributed by atoms with E-state index in [1.165, 1.54) is 12.8 Å². The number of pyridine rings is 1. The highest BCUT2D eigenvalue weighted by Gasteiger charge is 2.34. The Morgan fingerprint density at radius 1 is 0.941 bits per heavy atom. The molecule has 8 nitrogen and oxygen atoms in total. The first-order valence-electron chi connectivity index (χ1n) is 12.5. The molecule has 3 aliphatic heterocycles. The number of piperazine rings is 1. The second-order valence-corrected chi connectivity index (χ2v) is 9.71. The predicted octanol–water partition coefficient (Wildman–Crippen LogP) is 3.03. The Hall–Kier alpha value is -2.68. The number of rotatable bonds is 6. The maximum atomic E-state index is 6.17. The van der Waals surface area contributed by atoms with E-state index in [1.807, 2.05) is 18.2 Å². The molecule has 180 valence electrons. The Labute approximate surface area is 200 Å². The smallest absolute Gasteiger partial charge is 0.213 e. The molecule has 3 aromatic rings. The van der Waals surface area contributed by atoms with Gasteiger partial charge in [0.15, 0.2) is 11.4 Å². The lowest BCUT2D eigenvalue weighted by Crippen LogP contribution is -2.57. The highest BCUT2D eigenvalue weighted by Crippen LogP contribution is 2.31. The van der Waals surface area contributed by atoms with Crippen LogP contribution in [0.2, 0.25) is 0 Å². The van der Waals surface area contributed by atoms with Gasteiger partial charge in [0.2, 0.25) is 5.88 Å². The molecule has 3 saturated heterocycles. The molecule has 0 aliphatic carbocycles. The molecule has 8 heteroatoms. The van der Waals surface area contributed by atoms with Crippen LogP contribution in [-0.4, -0.2) is 85.1 Å². The molecule has 1 aromatic carbocycles. The molecule has 0 N–H and O–H groups in total. The van der Waals surface area contributed by atoms with Crippen LogP contribution in [0.15, 0.2) is 47.0 Å². The fraction of sp³-hybridized carbons (Fsp3) is 0.538. The van der Waals surface area contributed by atoms with Crippen molar-refractivity contribution in [2.75, 3.05) is 64.0 Å². The third kappa shape index (κ3) is 4.76. The quantitative estimate of drug-likeness (QED) is 0.553. The van der Waals surface area contributed by atoms with Crippen LogP contribution >= 0.6 is 0 Å². The zero-order valence-electron chi connectivity index (χ0n) is 19.6. The fourth-order valence-electron chi connectivity index (χ4n) is 5.50. The first kappa shape index (κ1) is 21.8. The van der Waals surface area contributed by atoms with Crippen molar-refractivity contribution in [1.82, 2.24) is 19.9 Å². The number of ether oxygens (including phenoxy) is 2. The van der Waals surface area contributed by atoms with Crippen molar-refractivity contribution in [3.8, 4) is 5.88 Å². The number of hydrogen-bond donors (Lipinski definition) is 0. The molecule has 0 saturated carbocycles. The van der Waals surface area contributed by atoms with Gasteiger partial charge in [-0.05, 0) is 31.0 Å². The molecule has 0 bridgehead atoms. The molecular formula is C26H33N5O3. The number of anilines is 1. The third-order valence-corrected chi connectivity index (χ3v) is 7.40. The van der Waals surface area contributed by atoms with E-state index in [2.05, 4.69) is 44.1 Å². The number of morpholine rings is 1. The summed E-state index contributed by atoms with van der Waals surface area (Å²) in [5.74, 6) is 2.28. The second kappa shape index (κ2) is 9.90. The van der Waals surface area contributed by atoms with E-state index in [0.29, 0.717) is 12.0 Å². The van der Waals surface area contributed by atoms with Gasteiger partial charge >= 0.3 is 0 Å². The second-order valence-electron chi connectivity index (χ2n) is 9.71. The number of aromatic nitrogens is 2. The van der Waals surface area contributed by atoms with Gasteiger partial charge in [0.25, 0.3) is 0 Å². The normalized spacial score (nSPS) is 24.3. The van der Waals surface area contributed by atoms with Gasteiger partial charge < -0.3 is 18.9 Å². The van der Waals surface area contributed by atoms with E-state index >= 15 is 0 Å². The minimum Gasteiger partial charge on any atom is -0.477 e. The van der Waals surface area contributed by atoms with Crippen molar-refractivity contribution >= 4 is 16.8 Å². The van der Waals surface area contributed by atoms with E-state index in [4.69, 9.17) is 19.0 Å². The van der Waals surface area contributed by atoms with Gasteiger partial charge in [0, 0.05) is 63.8 Å². The number of benzene rings is 1. The summed E-state index contributed by atoms with van der Waals surface area (Å²) >= 11 is 0. The van der Waals surface area contributed by atoms with Crippen LogP contribution in [0, 0.1) is 5.92 Å². The van der Waals surface area contributed by atoms with E-state index in [9.17, 15) is 0 Å². The number of piperidine rings is 1. The molecule has 0 amide bonds. The van der Waals surface area contributed by atoms with Crippen LogP contribution in [-0.2, 0) is 11.3 Å². The van der Waals surface area contributed by atoms with E-state index < -0.39 is 0 Å². The summed E-state index contributed by atoms with van der Waals surface area (Å²) in [6.07, 6.45) is 2.37. The number of hydrogen-bond acceptors (Lipinski definition) is 8. The molecular weight excluding hydrogens is 430 g/mol.